The average Bonchev–Trinajstić information content (AvgIpc) is 2.00. The molecule has 0 aromatic rings. The summed E-state index contributed by atoms with van der Waals surface area (Å²) in [5.74, 6) is -0.0408. The Morgan fingerprint density at radius 3 is 2.43 bits per heavy atom. The molecular weight excluding hydrogens is 180 g/mol. The normalized spacial score (nSPS) is 21.7. The molecule has 0 aromatic heterocycles. The Balaban J connectivity index is 2.36. The fourth-order valence-electron chi connectivity index (χ4n) is 1.57. The molecule has 4 heteroatoms. The van der Waals surface area contributed by atoms with Gasteiger partial charge in [0.1, 0.15) is 0 Å². The smallest absolute Gasteiger partial charge is 0.234 e. The number of amides is 1. The molecule has 1 saturated heterocycles. The van der Waals surface area contributed by atoms with E-state index in [4.69, 9.17) is 10.5 Å². The maximum atomic E-state index is 11.1. The van der Waals surface area contributed by atoms with Gasteiger partial charge in [0.2, 0.25) is 5.91 Å². The summed E-state index contributed by atoms with van der Waals surface area (Å²) in [5.41, 5.74) is 5.48. The van der Waals surface area contributed by atoms with Crippen LogP contribution < -0.4 is 11.1 Å². The van der Waals surface area contributed by atoms with E-state index in [2.05, 4.69) is 12.2 Å². The van der Waals surface area contributed by atoms with Crippen LogP contribution in [0.2, 0.25) is 0 Å². The van der Waals surface area contributed by atoms with E-state index in [0.29, 0.717) is 0 Å². The van der Waals surface area contributed by atoms with Gasteiger partial charge < -0.3 is 15.8 Å². The van der Waals surface area contributed by atoms with Crippen LogP contribution in [0.3, 0.4) is 0 Å². The topological polar surface area (TPSA) is 64.3 Å². The number of nitrogens with two attached hydrogens (primary N) is 1. The third kappa shape index (κ3) is 2.69. The van der Waals surface area contributed by atoms with Crippen molar-refractivity contribution in [1.82, 2.24) is 5.32 Å². The first kappa shape index (κ1) is 11.5. The number of ether oxygens (including phenoxy) is 1. The number of nitrogens with one attached hydrogen (secondary N) is 1. The molecular formula is C10H20N2O2. The van der Waals surface area contributed by atoms with Gasteiger partial charge in [-0.3, -0.25) is 4.79 Å². The second kappa shape index (κ2) is 4.28. The van der Waals surface area contributed by atoms with Gasteiger partial charge in [0.05, 0.1) is 19.3 Å². The van der Waals surface area contributed by atoms with E-state index >= 15 is 0 Å². The van der Waals surface area contributed by atoms with Gasteiger partial charge in [0.25, 0.3) is 0 Å². The Morgan fingerprint density at radius 2 is 2.14 bits per heavy atom. The van der Waals surface area contributed by atoms with Crippen LogP contribution in [0.15, 0.2) is 0 Å². The molecule has 0 spiro atoms. The molecule has 3 N–H and O–H groups in total. The van der Waals surface area contributed by atoms with Crippen LogP contribution in [0.1, 0.15) is 20.8 Å². The minimum absolute atomic E-state index is 0.183. The molecule has 0 aromatic carbocycles. The Hall–Kier alpha value is -0.610. The molecule has 1 aliphatic rings. The highest BCUT2D eigenvalue weighted by Gasteiger charge is 2.34. The van der Waals surface area contributed by atoms with Crippen molar-refractivity contribution < 1.29 is 9.53 Å². The fraction of sp³-hybridized carbons (Fsp3) is 0.900. The van der Waals surface area contributed by atoms with Gasteiger partial charge in [-0.1, -0.05) is 20.8 Å². The van der Waals surface area contributed by atoms with Crippen molar-refractivity contribution in [3.63, 3.8) is 0 Å². The van der Waals surface area contributed by atoms with Crippen LogP contribution in [-0.4, -0.2) is 31.7 Å². The molecule has 1 fully saturated rings. The fourth-order valence-corrected chi connectivity index (χ4v) is 1.57. The van der Waals surface area contributed by atoms with Crippen molar-refractivity contribution in [2.45, 2.75) is 26.8 Å². The molecule has 1 aliphatic heterocycles. The van der Waals surface area contributed by atoms with Gasteiger partial charge in [-0.25, -0.2) is 0 Å². The summed E-state index contributed by atoms with van der Waals surface area (Å²) < 4.78 is 5.13. The Bertz CT molecular complexity index is 212. The molecule has 1 unspecified atom stereocenters. The highest BCUT2D eigenvalue weighted by Crippen LogP contribution is 2.25. The van der Waals surface area contributed by atoms with Crippen LogP contribution in [0, 0.1) is 11.3 Å². The van der Waals surface area contributed by atoms with E-state index in [1.165, 1.54) is 0 Å². The average molecular weight is 200 g/mol. The summed E-state index contributed by atoms with van der Waals surface area (Å²) in [5, 5.41) is 3.21. The summed E-state index contributed by atoms with van der Waals surface area (Å²) in [6.45, 7) is 8.44. The van der Waals surface area contributed by atoms with Crippen molar-refractivity contribution in [3.8, 4) is 0 Å². The van der Waals surface area contributed by atoms with Gasteiger partial charge in [-0.05, 0) is 5.92 Å². The predicted molar refractivity (Wildman–Crippen MR) is 54.7 cm³/mol. The molecule has 0 saturated carbocycles. The summed E-state index contributed by atoms with van der Waals surface area (Å²) in [4.78, 5) is 11.1. The maximum absolute atomic E-state index is 11.1. The first-order chi connectivity index (χ1) is 6.44. The number of hydrogen-bond donors (Lipinski definition) is 2. The molecule has 0 radical (unpaired) electrons. The van der Waals surface area contributed by atoms with Gasteiger partial charge in [-0.2, -0.15) is 0 Å². The highest BCUT2D eigenvalue weighted by atomic mass is 16.5. The number of rotatable bonds is 5. The van der Waals surface area contributed by atoms with Crippen LogP contribution in [-0.2, 0) is 9.53 Å². The third-order valence-electron chi connectivity index (χ3n) is 2.62. The molecule has 1 rings (SSSR count). The molecule has 82 valence electrons. The lowest BCUT2D eigenvalue weighted by Gasteiger charge is -2.39. The van der Waals surface area contributed by atoms with Crippen LogP contribution >= 0.6 is 0 Å². The van der Waals surface area contributed by atoms with Crippen LogP contribution in [0.5, 0.6) is 0 Å². The third-order valence-corrected chi connectivity index (χ3v) is 2.62. The zero-order valence-electron chi connectivity index (χ0n) is 9.17. The molecule has 14 heavy (non-hydrogen) atoms. The first-order valence-corrected chi connectivity index (χ1v) is 5.05. The zero-order chi connectivity index (χ0) is 10.8. The molecule has 0 bridgehead atoms. The number of hydrogen-bond acceptors (Lipinski definition) is 3. The van der Waals surface area contributed by atoms with Crippen molar-refractivity contribution >= 4 is 5.91 Å². The summed E-state index contributed by atoms with van der Waals surface area (Å²) in [7, 11) is 0. The van der Waals surface area contributed by atoms with Crippen molar-refractivity contribution in [2.24, 2.45) is 17.1 Å². The predicted octanol–water partition coefficient (Wildman–Crippen LogP) is 0.122. The minimum Gasteiger partial charge on any atom is -0.380 e. The number of carbonyl (C=O) groups is 1. The van der Waals surface area contributed by atoms with E-state index in [-0.39, 0.29) is 23.3 Å². The van der Waals surface area contributed by atoms with Crippen LogP contribution in [0.4, 0.5) is 0 Å². The minimum atomic E-state index is -0.274. The van der Waals surface area contributed by atoms with Gasteiger partial charge >= 0.3 is 0 Å². The zero-order valence-corrected chi connectivity index (χ0v) is 9.17. The molecule has 1 atom stereocenters. The first-order valence-electron chi connectivity index (χ1n) is 5.05. The second-order valence-electron chi connectivity index (χ2n) is 4.81. The Morgan fingerprint density at radius 1 is 1.57 bits per heavy atom. The molecule has 1 amide bonds. The van der Waals surface area contributed by atoms with Crippen molar-refractivity contribution in [2.75, 3.05) is 19.8 Å². The highest BCUT2D eigenvalue weighted by molar-refractivity contribution is 5.80. The largest absolute Gasteiger partial charge is 0.380 e. The summed E-state index contributed by atoms with van der Waals surface area (Å²) in [6.07, 6.45) is 0. The van der Waals surface area contributed by atoms with Crippen molar-refractivity contribution in [3.05, 3.63) is 0 Å². The quantitative estimate of drug-likeness (QED) is 0.662. The van der Waals surface area contributed by atoms with E-state index in [1.54, 1.807) is 0 Å². The van der Waals surface area contributed by atoms with Crippen molar-refractivity contribution in [1.29, 1.82) is 0 Å². The van der Waals surface area contributed by atoms with Gasteiger partial charge in [0.15, 0.2) is 0 Å². The van der Waals surface area contributed by atoms with E-state index in [9.17, 15) is 4.79 Å². The van der Waals surface area contributed by atoms with Crippen LogP contribution in [0.25, 0.3) is 0 Å². The SMILES string of the molecule is CC(C)C(NCC1(C)COC1)C(N)=O. The molecule has 1 heterocycles. The van der Waals surface area contributed by atoms with E-state index < -0.39 is 0 Å². The van der Waals surface area contributed by atoms with E-state index in [1.807, 2.05) is 13.8 Å². The maximum Gasteiger partial charge on any atom is 0.234 e. The summed E-state index contributed by atoms with van der Waals surface area (Å²) in [6, 6.07) is -0.229. The number of carbonyl (C=O) groups excluding carboxylic acids is 1. The van der Waals surface area contributed by atoms with Gasteiger partial charge in [-0.15, -0.1) is 0 Å². The second-order valence-corrected chi connectivity index (χ2v) is 4.81. The standard InChI is InChI=1S/C10H20N2O2/c1-7(2)8(9(11)13)12-4-10(3)5-14-6-10/h7-8,12H,4-6H2,1-3H3,(H2,11,13). The Labute approximate surface area is 85.2 Å². The lowest BCUT2D eigenvalue weighted by molar-refractivity contribution is -0.123. The monoisotopic (exact) mass is 200 g/mol. The van der Waals surface area contributed by atoms with Gasteiger partial charge in [0, 0.05) is 12.0 Å². The number of primary amides is 1. The molecule has 0 aliphatic carbocycles. The lowest BCUT2D eigenvalue weighted by Crippen LogP contribution is -2.53. The lowest BCUT2D eigenvalue weighted by atomic mass is 9.88. The van der Waals surface area contributed by atoms with E-state index in [0.717, 1.165) is 19.8 Å². The molecule has 4 nitrogen and oxygen atoms in total. The Kier molecular flexibility index (Phi) is 3.50. The summed E-state index contributed by atoms with van der Waals surface area (Å²) >= 11 is 0.